The molecule has 0 spiro atoms. The van der Waals surface area contributed by atoms with E-state index in [1.54, 1.807) is 0 Å². The maximum Gasteiger partial charge on any atom is 0.150 e. The molecule has 0 aliphatic heterocycles. The lowest BCUT2D eigenvalue weighted by molar-refractivity contribution is 0.112. The van der Waals surface area contributed by atoms with Crippen molar-refractivity contribution in [3.63, 3.8) is 0 Å². The van der Waals surface area contributed by atoms with Crippen LogP contribution in [-0.2, 0) is 10.8 Å². The molecule has 1 aromatic rings. The van der Waals surface area contributed by atoms with Crippen LogP contribution in [0.25, 0.3) is 0 Å². The van der Waals surface area contributed by atoms with Crippen molar-refractivity contribution in [3.8, 4) is 0 Å². The van der Waals surface area contributed by atoms with Crippen molar-refractivity contribution in [1.29, 1.82) is 0 Å². The zero-order valence-corrected chi connectivity index (χ0v) is 12.6. The smallest absolute Gasteiger partial charge is 0.150 e. The molecule has 0 aliphatic carbocycles. The van der Waals surface area contributed by atoms with E-state index < -0.39 is 0 Å². The van der Waals surface area contributed by atoms with Gasteiger partial charge in [0.1, 0.15) is 6.29 Å². The first-order chi connectivity index (χ1) is 8.28. The second kappa shape index (κ2) is 5.26. The van der Waals surface area contributed by atoms with Gasteiger partial charge in [-0.05, 0) is 40.9 Å². The van der Waals surface area contributed by atoms with E-state index in [1.165, 1.54) is 5.56 Å². The summed E-state index contributed by atoms with van der Waals surface area (Å²) < 4.78 is 0. The molecule has 1 heteroatoms. The zero-order chi connectivity index (χ0) is 14.0. The Kier molecular flexibility index (Phi) is 4.37. The van der Waals surface area contributed by atoms with Crippen molar-refractivity contribution in [3.05, 3.63) is 34.9 Å². The van der Waals surface area contributed by atoms with Gasteiger partial charge in [-0.15, -0.1) is 0 Å². The van der Waals surface area contributed by atoms with Crippen LogP contribution in [0.3, 0.4) is 0 Å². The molecule has 0 heterocycles. The normalized spacial score (nSPS) is 12.6. The van der Waals surface area contributed by atoms with E-state index in [2.05, 4.69) is 59.7 Å². The number of hydrogen-bond donors (Lipinski definition) is 0. The molecule has 1 aromatic carbocycles. The molecule has 0 saturated carbocycles. The van der Waals surface area contributed by atoms with Gasteiger partial charge in [0.25, 0.3) is 0 Å². The van der Waals surface area contributed by atoms with Crippen molar-refractivity contribution in [2.75, 3.05) is 0 Å². The Balaban J connectivity index is 3.33. The highest BCUT2D eigenvalue weighted by Gasteiger charge is 2.24. The fourth-order valence-electron chi connectivity index (χ4n) is 2.09. The van der Waals surface area contributed by atoms with Crippen molar-refractivity contribution >= 4 is 6.29 Å². The molecule has 0 N–H and O–H groups in total. The van der Waals surface area contributed by atoms with Gasteiger partial charge in [-0.2, -0.15) is 0 Å². The molecule has 0 amide bonds. The molecule has 0 fully saturated rings. The van der Waals surface area contributed by atoms with Crippen molar-refractivity contribution < 1.29 is 4.79 Å². The molecule has 0 bridgehead atoms. The molecule has 0 unspecified atom stereocenters. The Morgan fingerprint density at radius 3 is 2.00 bits per heavy atom. The number of hydrogen-bond acceptors (Lipinski definition) is 1. The van der Waals surface area contributed by atoms with Crippen LogP contribution in [0, 0.1) is 0 Å². The Bertz CT molecular complexity index is 427. The monoisotopic (exact) mass is 246 g/mol. The number of carbonyl (C=O) groups excluding carboxylic acids is 1. The van der Waals surface area contributed by atoms with Gasteiger partial charge in [0.15, 0.2) is 0 Å². The zero-order valence-electron chi connectivity index (χ0n) is 12.6. The summed E-state index contributed by atoms with van der Waals surface area (Å²) in [4.78, 5) is 11.4. The Morgan fingerprint density at radius 1 is 1.00 bits per heavy atom. The topological polar surface area (TPSA) is 17.1 Å². The van der Waals surface area contributed by atoms with Crippen molar-refractivity contribution in [2.45, 2.75) is 65.2 Å². The van der Waals surface area contributed by atoms with Gasteiger partial charge < -0.3 is 0 Å². The summed E-state index contributed by atoms with van der Waals surface area (Å²) in [5, 5.41) is 0. The van der Waals surface area contributed by atoms with Gasteiger partial charge in [0, 0.05) is 5.56 Å². The molecule has 0 aromatic heterocycles. The van der Waals surface area contributed by atoms with Crippen LogP contribution in [0.2, 0.25) is 0 Å². The van der Waals surface area contributed by atoms with Gasteiger partial charge in [-0.25, -0.2) is 0 Å². The van der Waals surface area contributed by atoms with E-state index in [0.29, 0.717) is 0 Å². The quantitative estimate of drug-likeness (QED) is 0.677. The van der Waals surface area contributed by atoms with Gasteiger partial charge in [-0.3, -0.25) is 4.79 Å². The van der Waals surface area contributed by atoms with E-state index in [-0.39, 0.29) is 10.8 Å². The summed E-state index contributed by atoms with van der Waals surface area (Å²) in [6.45, 7) is 13.2. The van der Waals surface area contributed by atoms with Crippen molar-refractivity contribution in [2.24, 2.45) is 0 Å². The number of benzene rings is 1. The van der Waals surface area contributed by atoms with E-state index >= 15 is 0 Å². The molecule has 1 rings (SSSR count). The van der Waals surface area contributed by atoms with Crippen LogP contribution >= 0.6 is 0 Å². The Labute approximate surface area is 112 Å². The van der Waals surface area contributed by atoms with Crippen LogP contribution < -0.4 is 0 Å². The molecule has 1 nitrogen and oxygen atoms in total. The molecular formula is C17H26O. The minimum Gasteiger partial charge on any atom is -0.298 e. The van der Waals surface area contributed by atoms with E-state index in [4.69, 9.17) is 0 Å². The lowest BCUT2D eigenvalue weighted by Crippen LogP contribution is -2.20. The summed E-state index contributed by atoms with van der Waals surface area (Å²) in [5.74, 6) is 0. The van der Waals surface area contributed by atoms with Gasteiger partial charge in [0.2, 0.25) is 0 Å². The molecular weight excluding hydrogens is 220 g/mol. The number of carbonyl (C=O) groups is 1. The van der Waals surface area contributed by atoms with Crippen LogP contribution in [0.4, 0.5) is 0 Å². The first kappa shape index (κ1) is 14.9. The number of rotatable bonds is 5. The predicted octanol–water partition coefficient (Wildman–Crippen LogP) is 4.87. The second-order valence-corrected chi connectivity index (χ2v) is 6.39. The third-order valence-corrected chi connectivity index (χ3v) is 4.46. The highest BCUT2D eigenvalue weighted by Crippen LogP contribution is 2.33. The van der Waals surface area contributed by atoms with Crippen molar-refractivity contribution in [1.82, 2.24) is 0 Å². The summed E-state index contributed by atoms with van der Waals surface area (Å²) in [7, 11) is 0. The largest absolute Gasteiger partial charge is 0.298 e. The fraction of sp³-hybridized carbons (Fsp3) is 0.588. The van der Waals surface area contributed by atoms with Gasteiger partial charge in [0.05, 0.1) is 0 Å². The third kappa shape index (κ3) is 2.82. The SMILES string of the molecule is CCC(C)(C)c1ccc(C(C)(C)CC)c(C=O)c1. The first-order valence-corrected chi connectivity index (χ1v) is 6.88. The van der Waals surface area contributed by atoms with E-state index in [0.717, 1.165) is 30.3 Å². The average Bonchev–Trinajstić information content (AvgIpc) is 2.37. The maximum absolute atomic E-state index is 11.4. The lowest BCUT2D eigenvalue weighted by Gasteiger charge is -2.28. The Hall–Kier alpha value is -1.11. The molecule has 0 atom stereocenters. The van der Waals surface area contributed by atoms with E-state index in [1.807, 2.05) is 0 Å². The minimum atomic E-state index is 0.0606. The van der Waals surface area contributed by atoms with Crippen LogP contribution in [0.15, 0.2) is 18.2 Å². The molecule has 0 radical (unpaired) electrons. The summed E-state index contributed by atoms with van der Waals surface area (Å²) >= 11 is 0. The highest BCUT2D eigenvalue weighted by molar-refractivity contribution is 5.78. The summed E-state index contributed by atoms with van der Waals surface area (Å²) in [5.41, 5.74) is 3.46. The average molecular weight is 246 g/mol. The standard InChI is InChI=1S/C17H26O/c1-7-16(3,4)14-9-10-15(13(11-14)12-18)17(5,6)8-2/h9-12H,7-8H2,1-6H3. The molecule has 18 heavy (non-hydrogen) atoms. The Morgan fingerprint density at radius 2 is 1.56 bits per heavy atom. The fourth-order valence-corrected chi connectivity index (χ4v) is 2.09. The van der Waals surface area contributed by atoms with Crippen LogP contribution in [0.5, 0.6) is 0 Å². The van der Waals surface area contributed by atoms with Crippen LogP contribution in [-0.4, -0.2) is 6.29 Å². The minimum absolute atomic E-state index is 0.0606. The third-order valence-electron chi connectivity index (χ3n) is 4.46. The number of aldehydes is 1. The first-order valence-electron chi connectivity index (χ1n) is 6.88. The molecule has 100 valence electrons. The second-order valence-electron chi connectivity index (χ2n) is 6.39. The molecule has 0 saturated heterocycles. The predicted molar refractivity (Wildman–Crippen MR) is 78.5 cm³/mol. The van der Waals surface area contributed by atoms with E-state index in [9.17, 15) is 4.79 Å². The van der Waals surface area contributed by atoms with Gasteiger partial charge >= 0.3 is 0 Å². The molecule has 0 aliphatic rings. The maximum atomic E-state index is 11.4. The summed E-state index contributed by atoms with van der Waals surface area (Å²) in [6.07, 6.45) is 3.11. The lowest BCUT2D eigenvalue weighted by atomic mass is 9.76. The van der Waals surface area contributed by atoms with Crippen LogP contribution in [0.1, 0.15) is 75.9 Å². The van der Waals surface area contributed by atoms with Gasteiger partial charge in [-0.1, -0.05) is 53.7 Å². The summed E-state index contributed by atoms with van der Waals surface area (Å²) in [6, 6.07) is 6.40. The highest BCUT2D eigenvalue weighted by atomic mass is 16.1.